The predicted molar refractivity (Wildman–Crippen MR) is 99.6 cm³/mol. The Kier molecular flexibility index (Phi) is 6.99. The number of rotatable bonds is 7. The molecule has 2 aromatic rings. The number of ether oxygens (including phenoxy) is 1. The Bertz CT molecular complexity index is 844. The summed E-state index contributed by atoms with van der Waals surface area (Å²) < 4.78 is 4.91. The Balaban J connectivity index is 1.81. The molecular weight excluding hydrogens is 380 g/mol. The molecular formula is C17H15ClN2O5S. The lowest BCUT2D eigenvalue weighted by molar-refractivity contribution is -0.384. The molecule has 2 rings (SSSR count). The van der Waals surface area contributed by atoms with Crippen molar-refractivity contribution in [2.75, 3.05) is 17.7 Å². The highest BCUT2D eigenvalue weighted by Crippen LogP contribution is 2.27. The van der Waals surface area contributed by atoms with Gasteiger partial charge in [-0.25, -0.2) is 0 Å². The number of anilines is 1. The van der Waals surface area contributed by atoms with E-state index in [0.29, 0.717) is 0 Å². The van der Waals surface area contributed by atoms with Gasteiger partial charge in [0, 0.05) is 16.6 Å². The molecule has 2 aromatic carbocycles. The predicted octanol–water partition coefficient (Wildman–Crippen LogP) is 3.83. The molecule has 0 saturated heterocycles. The van der Waals surface area contributed by atoms with E-state index >= 15 is 0 Å². The van der Waals surface area contributed by atoms with Crippen LogP contribution >= 0.6 is 23.4 Å². The van der Waals surface area contributed by atoms with Gasteiger partial charge in [-0.15, -0.1) is 11.8 Å². The number of nitro benzene ring substituents is 1. The van der Waals surface area contributed by atoms with Crippen LogP contribution in [0.25, 0.3) is 0 Å². The molecule has 0 saturated carbocycles. The zero-order valence-corrected chi connectivity index (χ0v) is 15.3. The number of hydrogen-bond donors (Lipinski definition) is 1. The number of thioether (sulfide) groups is 1. The molecule has 1 amide bonds. The average molecular weight is 395 g/mol. The SMILES string of the molecule is Cc1ccccc1SCC(=O)OCC(=O)Nc1ccc(Cl)c([N+](=O)[O-])c1. The highest BCUT2D eigenvalue weighted by atomic mass is 35.5. The summed E-state index contributed by atoms with van der Waals surface area (Å²) in [5, 5.41) is 13.2. The first-order valence-electron chi connectivity index (χ1n) is 7.44. The highest BCUT2D eigenvalue weighted by Gasteiger charge is 2.15. The Labute approximate surface area is 158 Å². The maximum Gasteiger partial charge on any atom is 0.316 e. The molecule has 9 heteroatoms. The van der Waals surface area contributed by atoms with Crippen LogP contribution in [0.1, 0.15) is 5.56 Å². The first-order valence-corrected chi connectivity index (χ1v) is 8.81. The van der Waals surface area contributed by atoms with Crippen LogP contribution in [0.5, 0.6) is 0 Å². The molecule has 0 aliphatic heterocycles. The Hall–Kier alpha value is -2.58. The van der Waals surface area contributed by atoms with Crippen LogP contribution in [0.3, 0.4) is 0 Å². The van der Waals surface area contributed by atoms with Crippen molar-refractivity contribution in [2.45, 2.75) is 11.8 Å². The molecule has 136 valence electrons. The first kappa shape index (κ1) is 19.7. The topological polar surface area (TPSA) is 98.5 Å². The number of carbonyl (C=O) groups excluding carboxylic acids is 2. The maximum atomic E-state index is 11.8. The van der Waals surface area contributed by atoms with E-state index in [1.807, 2.05) is 31.2 Å². The number of amides is 1. The number of nitrogens with zero attached hydrogens (tertiary/aromatic N) is 1. The van der Waals surface area contributed by atoms with E-state index in [0.717, 1.165) is 16.5 Å². The minimum atomic E-state index is -0.652. The smallest absolute Gasteiger partial charge is 0.316 e. The summed E-state index contributed by atoms with van der Waals surface area (Å²) in [6, 6.07) is 11.5. The van der Waals surface area contributed by atoms with E-state index in [-0.39, 0.29) is 22.2 Å². The van der Waals surface area contributed by atoms with Gasteiger partial charge in [-0.2, -0.15) is 0 Å². The first-order chi connectivity index (χ1) is 12.4. The molecule has 26 heavy (non-hydrogen) atoms. The number of aryl methyl sites for hydroxylation is 1. The number of benzene rings is 2. The molecule has 0 aliphatic carbocycles. The number of nitro groups is 1. The molecule has 0 fully saturated rings. The van der Waals surface area contributed by atoms with Crippen molar-refractivity contribution < 1.29 is 19.2 Å². The number of hydrogen-bond acceptors (Lipinski definition) is 6. The van der Waals surface area contributed by atoms with Crippen LogP contribution < -0.4 is 5.32 Å². The van der Waals surface area contributed by atoms with Gasteiger partial charge in [-0.05, 0) is 30.7 Å². The summed E-state index contributed by atoms with van der Waals surface area (Å²) in [4.78, 5) is 34.7. The van der Waals surface area contributed by atoms with Crippen LogP contribution in [0.4, 0.5) is 11.4 Å². The van der Waals surface area contributed by atoms with Crippen LogP contribution in [0.2, 0.25) is 5.02 Å². The van der Waals surface area contributed by atoms with Gasteiger partial charge in [-0.3, -0.25) is 19.7 Å². The molecule has 0 spiro atoms. The molecule has 0 aromatic heterocycles. The van der Waals surface area contributed by atoms with Gasteiger partial charge in [0.15, 0.2) is 6.61 Å². The standard InChI is InChI=1S/C17H15ClN2O5S/c1-11-4-2-3-5-15(11)26-10-17(22)25-9-16(21)19-12-6-7-13(18)14(8-12)20(23)24/h2-8H,9-10H2,1H3,(H,19,21). The number of halogens is 1. The third-order valence-corrected chi connectivity index (χ3v) is 4.70. The Morgan fingerprint density at radius 2 is 2.00 bits per heavy atom. The fraction of sp³-hybridized carbons (Fsp3) is 0.176. The van der Waals surface area contributed by atoms with Gasteiger partial charge in [0.2, 0.25) is 0 Å². The quantitative estimate of drug-likeness (QED) is 0.331. The largest absolute Gasteiger partial charge is 0.455 e. The lowest BCUT2D eigenvalue weighted by Gasteiger charge is -2.08. The van der Waals surface area contributed by atoms with E-state index in [1.165, 1.54) is 23.9 Å². The van der Waals surface area contributed by atoms with Crippen molar-refractivity contribution in [3.8, 4) is 0 Å². The fourth-order valence-corrected chi connectivity index (χ4v) is 2.98. The van der Waals surface area contributed by atoms with E-state index < -0.39 is 23.4 Å². The lowest BCUT2D eigenvalue weighted by Crippen LogP contribution is -2.21. The van der Waals surface area contributed by atoms with Crippen molar-refractivity contribution in [2.24, 2.45) is 0 Å². The van der Waals surface area contributed by atoms with Crippen molar-refractivity contribution in [3.63, 3.8) is 0 Å². The summed E-state index contributed by atoms with van der Waals surface area (Å²) in [7, 11) is 0. The zero-order valence-electron chi connectivity index (χ0n) is 13.7. The van der Waals surface area contributed by atoms with Crippen LogP contribution in [-0.4, -0.2) is 29.2 Å². The maximum absolute atomic E-state index is 11.8. The number of carbonyl (C=O) groups is 2. The molecule has 1 N–H and O–H groups in total. The second-order valence-corrected chi connectivity index (χ2v) is 6.61. The van der Waals surface area contributed by atoms with Gasteiger partial charge in [0.1, 0.15) is 5.02 Å². The van der Waals surface area contributed by atoms with Crippen molar-refractivity contribution in [1.29, 1.82) is 0 Å². The van der Waals surface area contributed by atoms with E-state index in [4.69, 9.17) is 16.3 Å². The second-order valence-electron chi connectivity index (χ2n) is 5.19. The van der Waals surface area contributed by atoms with Gasteiger partial charge >= 0.3 is 5.97 Å². The monoisotopic (exact) mass is 394 g/mol. The van der Waals surface area contributed by atoms with E-state index in [2.05, 4.69) is 5.32 Å². The zero-order chi connectivity index (χ0) is 19.1. The van der Waals surface area contributed by atoms with Gasteiger partial charge in [0.05, 0.1) is 10.7 Å². The third-order valence-electron chi connectivity index (χ3n) is 3.23. The highest BCUT2D eigenvalue weighted by molar-refractivity contribution is 8.00. The number of esters is 1. The van der Waals surface area contributed by atoms with Crippen LogP contribution in [0.15, 0.2) is 47.4 Å². The van der Waals surface area contributed by atoms with Gasteiger partial charge < -0.3 is 10.1 Å². The van der Waals surface area contributed by atoms with Crippen LogP contribution in [-0.2, 0) is 14.3 Å². The minimum absolute atomic E-state index is 0.0346. The summed E-state index contributed by atoms with van der Waals surface area (Å²) in [6.45, 7) is 1.45. The van der Waals surface area contributed by atoms with E-state index in [9.17, 15) is 19.7 Å². The van der Waals surface area contributed by atoms with Gasteiger partial charge in [-0.1, -0.05) is 29.8 Å². The molecule has 7 nitrogen and oxygen atoms in total. The molecule has 0 unspecified atom stereocenters. The van der Waals surface area contributed by atoms with E-state index in [1.54, 1.807) is 0 Å². The third kappa shape index (κ3) is 5.75. The lowest BCUT2D eigenvalue weighted by atomic mass is 10.2. The normalized spacial score (nSPS) is 10.2. The Morgan fingerprint density at radius 1 is 1.27 bits per heavy atom. The summed E-state index contributed by atoms with van der Waals surface area (Å²) in [5.74, 6) is -1.06. The van der Waals surface area contributed by atoms with Crippen molar-refractivity contribution in [3.05, 3.63) is 63.2 Å². The minimum Gasteiger partial charge on any atom is -0.455 e. The summed E-state index contributed by atoms with van der Waals surface area (Å²) in [5.41, 5.74) is 0.917. The van der Waals surface area contributed by atoms with Crippen molar-refractivity contribution >= 4 is 46.6 Å². The molecule has 0 heterocycles. The Morgan fingerprint density at radius 3 is 2.69 bits per heavy atom. The summed E-state index contributed by atoms with van der Waals surface area (Å²) in [6.07, 6.45) is 0. The molecule has 0 aliphatic rings. The molecule has 0 bridgehead atoms. The summed E-state index contributed by atoms with van der Waals surface area (Å²) >= 11 is 7.02. The van der Waals surface area contributed by atoms with Crippen molar-refractivity contribution in [1.82, 2.24) is 0 Å². The average Bonchev–Trinajstić information content (AvgIpc) is 2.60. The second kappa shape index (κ2) is 9.21. The van der Waals surface area contributed by atoms with Crippen LogP contribution in [0, 0.1) is 17.0 Å². The molecule has 0 radical (unpaired) electrons. The van der Waals surface area contributed by atoms with Gasteiger partial charge in [0.25, 0.3) is 11.6 Å². The molecule has 0 atom stereocenters. The fourth-order valence-electron chi connectivity index (χ4n) is 1.97. The number of nitrogens with one attached hydrogen (secondary N) is 1.